The van der Waals surface area contributed by atoms with Crippen molar-refractivity contribution >= 4 is 11.9 Å². The van der Waals surface area contributed by atoms with Crippen LogP contribution in [-0.2, 0) is 9.59 Å². The number of carboxylic acids is 2. The molecule has 0 spiro atoms. The fraction of sp³-hybridized carbons (Fsp3) is 0.440. The second-order valence-corrected chi connectivity index (χ2v) is 6.75. The molecule has 0 fully saturated rings. The standard InChI is InChI=1S/C20H30O2.C5H8O2/c1-2-3-4-5-6-7-8-9-10-11-12-13-14-15-16-17-18-19-20(21)22;1-4(2)3-5(6)7/h10-19H,2-9H2,1H3,(H,21,22);3H,1-2H3,(H,6,7). The Morgan fingerprint density at radius 2 is 1.14 bits per heavy atom. The van der Waals surface area contributed by atoms with E-state index >= 15 is 0 Å². The predicted molar refractivity (Wildman–Crippen MR) is 123 cm³/mol. The first kappa shape index (κ1) is 28.6. The van der Waals surface area contributed by atoms with Crippen molar-refractivity contribution in [3.63, 3.8) is 0 Å². The van der Waals surface area contributed by atoms with Gasteiger partial charge in [0, 0.05) is 12.2 Å². The van der Waals surface area contributed by atoms with Gasteiger partial charge in [0.1, 0.15) is 0 Å². The Morgan fingerprint density at radius 1 is 0.655 bits per heavy atom. The molecule has 0 rings (SSSR count). The topological polar surface area (TPSA) is 74.6 Å². The average molecular weight is 403 g/mol. The maximum absolute atomic E-state index is 10.2. The first-order valence-electron chi connectivity index (χ1n) is 10.3. The van der Waals surface area contributed by atoms with E-state index in [1.165, 1.54) is 57.1 Å². The summed E-state index contributed by atoms with van der Waals surface area (Å²) in [6.45, 7) is 5.74. The molecule has 0 unspecified atom stereocenters. The Labute approximate surface area is 176 Å². The lowest BCUT2D eigenvalue weighted by atomic mass is 10.1. The molecule has 0 aliphatic heterocycles. The normalized spacial score (nSPS) is 11.6. The molecule has 29 heavy (non-hydrogen) atoms. The summed E-state index contributed by atoms with van der Waals surface area (Å²) in [6.07, 6.45) is 29.9. The number of carboxylic acid groups (broad SMARTS) is 2. The smallest absolute Gasteiger partial charge is 0.328 e. The second-order valence-electron chi connectivity index (χ2n) is 6.75. The van der Waals surface area contributed by atoms with Gasteiger partial charge in [-0.25, -0.2) is 9.59 Å². The lowest BCUT2D eigenvalue weighted by Gasteiger charge is -1.98. The van der Waals surface area contributed by atoms with Crippen molar-refractivity contribution in [2.45, 2.75) is 72.1 Å². The summed E-state index contributed by atoms with van der Waals surface area (Å²) in [5.74, 6) is -1.81. The summed E-state index contributed by atoms with van der Waals surface area (Å²) < 4.78 is 0. The van der Waals surface area contributed by atoms with Gasteiger partial charge in [-0.2, -0.15) is 0 Å². The van der Waals surface area contributed by atoms with Crippen molar-refractivity contribution in [3.8, 4) is 0 Å². The van der Waals surface area contributed by atoms with E-state index in [9.17, 15) is 9.59 Å². The maximum atomic E-state index is 10.2. The first-order valence-corrected chi connectivity index (χ1v) is 10.3. The van der Waals surface area contributed by atoms with Crippen LogP contribution in [0.15, 0.2) is 72.4 Å². The molecule has 4 heteroatoms. The summed E-state index contributed by atoms with van der Waals surface area (Å²) >= 11 is 0. The lowest BCUT2D eigenvalue weighted by molar-refractivity contribution is -0.132. The number of rotatable bonds is 14. The van der Waals surface area contributed by atoms with Crippen LogP contribution in [0.4, 0.5) is 0 Å². The van der Waals surface area contributed by atoms with Crippen LogP contribution in [-0.4, -0.2) is 22.2 Å². The van der Waals surface area contributed by atoms with Gasteiger partial charge < -0.3 is 10.2 Å². The van der Waals surface area contributed by atoms with E-state index in [2.05, 4.69) is 19.1 Å². The number of aliphatic carboxylic acids is 2. The number of carbonyl (C=O) groups is 2. The highest BCUT2D eigenvalue weighted by Crippen LogP contribution is 2.08. The van der Waals surface area contributed by atoms with Crippen LogP contribution in [0, 0.1) is 0 Å². The lowest BCUT2D eigenvalue weighted by Crippen LogP contribution is -1.86. The van der Waals surface area contributed by atoms with E-state index in [4.69, 9.17) is 10.2 Å². The van der Waals surface area contributed by atoms with Crippen molar-refractivity contribution in [2.24, 2.45) is 0 Å². The molecule has 0 heterocycles. The van der Waals surface area contributed by atoms with Crippen LogP contribution in [0.25, 0.3) is 0 Å². The van der Waals surface area contributed by atoms with E-state index in [1.807, 2.05) is 24.3 Å². The third-order valence-corrected chi connectivity index (χ3v) is 3.54. The molecule has 2 N–H and O–H groups in total. The van der Waals surface area contributed by atoms with Crippen LogP contribution in [0.3, 0.4) is 0 Å². The van der Waals surface area contributed by atoms with Crippen LogP contribution in [0.1, 0.15) is 72.1 Å². The zero-order chi connectivity index (χ0) is 22.2. The molecular formula is C25H38O4. The van der Waals surface area contributed by atoms with E-state index in [1.54, 1.807) is 26.0 Å². The quantitative estimate of drug-likeness (QED) is 0.186. The van der Waals surface area contributed by atoms with Gasteiger partial charge in [-0.05, 0) is 26.7 Å². The van der Waals surface area contributed by atoms with Crippen LogP contribution < -0.4 is 0 Å². The summed E-state index contributed by atoms with van der Waals surface area (Å²) in [5, 5.41) is 16.4. The third kappa shape index (κ3) is 33.4. The summed E-state index contributed by atoms with van der Waals surface area (Å²) in [6, 6.07) is 0. The summed E-state index contributed by atoms with van der Waals surface area (Å²) in [4.78, 5) is 19.9. The Morgan fingerprint density at radius 3 is 1.59 bits per heavy atom. The molecule has 0 aromatic heterocycles. The first-order chi connectivity index (χ1) is 13.9. The molecule has 0 aromatic carbocycles. The number of allylic oxidation sites excluding steroid dienone is 10. The SMILES string of the molecule is CC(C)=CC(=O)O.CCCCCCCCCC=CC=CC=CC=CC=CC(=O)O. The zero-order valence-electron chi connectivity index (χ0n) is 18.2. The van der Waals surface area contributed by atoms with E-state index in [-0.39, 0.29) is 0 Å². The maximum Gasteiger partial charge on any atom is 0.328 e. The highest BCUT2D eigenvalue weighted by molar-refractivity contribution is 5.80. The molecular weight excluding hydrogens is 364 g/mol. The van der Waals surface area contributed by atoms with Crippen LogP contribution in [0.5, 0.6) is 0 Å². The molecule has 0 atom stereocenters. The van der Waals surface area contributed by atoms with E-state index in [0.29, 0.717) is 0 Å². The van der Waals surface area contributed by atoms with Gasteiger partial charge in [0.25, 0.3) is 0 Å². The van der Waals surface area contributed by atoms with Gasteiger partial charge in [0.15, 0.2) is 0 Å². The molecule has 4 nitrogen and oxygen atoms in total. The Bertz CT molecular complexity index is 586. The van der Waals surface area contributed by atoms with Gasteiger partial charge in [-0.15, -0.1) is 0 Å². The second kappa shape index (κ2) is 23.4. The highest BCUT2D eigenvalue weighted by Gasteiger charge is 1.88. The summed E-state index contributed by atoms with van der Waals surface area (Å²) in [7, 11) is 0. The largest absolute Gasteiger partial charge is 0.478 e. The Balaban J connectivity index is 0. The van der Waals surface area contributed by atoms with Gasteiger partial charge >= 0.3 is 11.9 Å². The Kier molecular flexibility index (Phi) is 23.1. The molecule has 0 bridgehead atoms. The Hall–Kier alpha value is -2.62. The van der Waals surface area contributed by atoms with E-state index < -0.39 is 11.9 Å². The molecule has 0 aliphatic carbocycles. The summed E-state index contributed by atoms with van der Waals surface area (Å²) in [5.41, 5.74) is 0.813. The van der Waals surface area contributed by atoms with Crippen molar-refractivity contribution in [3.05, 3.63) is 72.4 Å². The van der Waals surface area contributed by atoms with Crippen molar-refractivity contribution in [2.75, 3.05) is 0 Å². The van der Waals surface area contributed by atoms with Gasteiger partial charge in [-0.1, -0.05) is 106 Å². The minimum absolute atomic E-state index is 0.813. The average Bonchev–Trinajstić information content (AvgIpc) is 2.63. The number of unbranched alkanes of at least 4 members (excludes halogenated alkanes) is 7. The minimum atomic E-state index is -0.931. The van der Waals surface area contributed by atoms with Crippen molar-refractivity contribution < 1.29 is 19.8 Å². The number of hydrogen-bond acceptors (Lipinski definition) is 2. The molecule has 0 saturated heterocycles. The zero-order valence-corrected chi connectivity index (χ0v) is 18.2. The van der Waals surface area contributed by atoms with Crippen molar-refractivity contribution in [1.29, 1.82) is 0 Å². The van der Waals surface area contributed by atoms with Gasteiger partial charge in [0.05, 0.1) is 0 Å². The number of hydrogen-bond donors (Lipinski definition) is 2. The van der Waals surface area contributed by atoms with Crippen molar-refractivity contribution in [1.82, 2.24) is 0 Å². The fourth-order valence-corrected chi connectivity index (χ4v) is 2.16. The third-order valence-electron chi connectivity index (χ3n) is 3.54. The van der Waals surface area contributed by atoms with Crippen LogP contribution >= 0.6 is 0 Å². The molecule has 0 amide bonds. The highest BCUT2D eigenvalue weighted by atomic mass is 16.4. The van der Waals surface area contributed by atoms with Crippen LogP contribution in [0.2, 0.25) is 0 Å². The van der Waals surface area contributed by atoms with E-state index in [0.717, 1.165) is 18.1 Å². The minimum Gasteiger partial charge on any atom is -0.478 e. The molecule has 0 radical (unpaired) electrons. The predicted octanol–water partition coefficient (Wildman–Crippen LogP) is 7.03. The fourth-order valence-electron chi connectivity index (χ4n) is 2.16. The molecule has 0 aliphatic rings. The molecule has 0 saturated carbocycles. The molecule has 162 valence electrons. The van der Waals surface area contributed by atoms with Gasteiger partial charge in [-0.3, -0.25) is 0 Å². The molecule has 0 aromatic rings. The monoisotopic (exact) mass is 402 g/mol. The van der Waals surface area contributed by atoms with Gasteiger partial charge in [0.2, 0.25) is 0 Å².